The van der Waals surface area contributed by atoms with Gasteiger partial charge in [0.05, 0.1) is 6.61 Å². The van der Waals surface area contributed by atoms with Gasteiger partial charge in [-0.1, -0.05) is 0 Å². The van der Waals surface area contributed by atoms with E-state index in [2.05, 4.69) is 5.32 Å². The van der Waals surface area contributed by atoms with E-state index in [1.54, 1.807) is 6.07 Å². The molecule has 82 valence electrons. The molecule has 1 aromatic carbocycles. The molecule has 15 heavy (non-hydrogen) atoms. The number of ether oxygens (including phenoxy) is 1. The lowest BCUT2D eigenvalue weighted by molar-refractivity contribution is 0.0876. The van der Waals surface area contributed by atoms with Crippen LogP contribution in [0.25, 0.3) is 0 Å². The van der Waals surface area contributed by atoms with E-state index in [0.717, 1.165) is 25.1 Å². The number of nitrogen functional groups attached to an aromatic ring is 1. The van der Waals surface area contributed by atoms with E-state index in [1.807, 2.05) is 0 Å². The predicted molar refractivity (Wildman–Crippen MR) is 58.3 cm³/mol. The Bertz CT molecular complexity index is 317. The summed E-state index contributed by atoms with van der Waals surface area (Å²) >= 11 is 0. The zero-order valence-corrected chi connectivity index (χ0v) is 8.50. The fourth-order valence-electron chi connectivity index (χ4n) is 1.79. The third kappa shape index (κ3) is 2.83. The van der Waals surface area contributed by atoms with Crippen molar-refractivity contribution in [1.29, 1.82) is 0 Å². The molecular weight excluding hydrogens is 195 g/mol. The van der Waals surface area contributed by atoms with E-state index in [-0.39, 0.29) is 11.9 Å². The van der Waals surface area contributed by atoms with Crippen molar-refractivity contribution >= 4 is 11.4 Å². The van der Waals surface area contributed by atoms with E-state index in [9.17, 15) is 4.39 Å². The molecular formula is C11H15FN2O. The predicted octanol–water partition coefficient (Wildman–Crippen LogP) is 2.00. The van der Waals surface area contributed by atoms with Gasteiger partial charge < -0.3 is 15.8 Å². The third-order valence-electron chi connectivity index (χ3n) is 2.45. The Balaban J connectivity index is 2.02. The van der Waals surface area contributed by atoms with Crippen LogP contribution in [0.3, 0.4) is 0 Å². The fraction of sp³-hybridized carbons (Fsp3) is 0.455. The van der Waals surface area contributed by atoms with Crippen LogP contribution in [0.2, 0.25) is 0 Å². The van der Waals surface area contributed by atoms with Crippen LogP contribution >= 0.6 is 0 Å². The first kappa shape index (κ1) is 10.2. The Morgan fingerprint density at radius 2 is 2.27 bits per heavy atom. The number of halogens is 1. The number of nitrogens with two attached hydrogens (primary N) is 1. The van der Waals surface area contributed by atoms with Crippen molar-refractivity contribution in [3.63, 3.8) is 0 Å². The Kier molecular flexibility index (Phi) is 3.06. The van der Waals surface area contributed by atoms with Gasteiger partial charge in [0.15, 0.2) is 0 Å². The molecule has 0 bridgehead atoms. The third-order valence-corrected chi connectivity index (χ3v) is 2.45. The number of nitrogens with one attached hydrogen (secondary N) is 1. The Hall–Kier alpha value is -1.29. The Morgan fingerprint density at radius 3 is 2.93 bits per heavy atom. The minimum Gasteiger partial charge on any atom is -0.399 e. The van der Waals surface area contributed by atoms with Crippen LogP contribution in [-0.4, -0.2) is 19.3 Å². The van der Waals surface area contributed by atoms with Gasteiger partial charge in [0.2, 0.25) is 0 Å². The van der Waals surface area contributed by atoms with Crippen LogP contribution in [0.15, 0.2) is 18.2 Å². The normalized spacial score (nSPS) is 21.3. The average molecular weight is 210 g/mol. The van der Waals surface area contributed by atoms with Crippen molar-refractivity contribution in [3.05, 3.63) is 24.0 Å². The van der Waals surface area contributed by atoms with Crippen LogP contribution in [0.1, 0.15) is 12.8 Å². The molecule has 1 saturated heterocycles. The summed E-state index contributed by atoms with van der Waals surface area (Å²) in [5.74, 6) is -0.311. The molecule has 1 unspecified atom stereocenters. The molecule has 0 spiro atoms. The highest BCUT2D eigenvalue weighted by molar-refractivity contribution is 5.55. The summed E-state index contributed by atoms with van der Waals surface area (Å²) in [4.78, 5) is 0. The lowest BCUT2D eigenvalue weighted by atomic mass is 10.1. The van der Waals surface area contributed by atoms with Crippen molar-refractivity contribution < 1.29 is 9.13 Å². The van der Waals surface area contributed by atoms with Gasteiger partial charge in [-0.2, -0.15) is 0 Å². The van der Waals surface area contributed by atoms with Gasteiger partial charge in [-0.05, 0) is 31.0 Å². The molecule has 1 aliphatic rings. The van der Waals surface area contributed by atoms with Crippen molar-refractivity contribution in [3.8, 4) is 0 Å². The summed E-state index contributed by atoms with van der Waals surface area (Å²) in [6.45, 7) is 1.50. The van der Waals surface area contributed by atoms with E-state index in [1.165, 1.54) is 12.1 Å². The van der Waals surface area contributed by atoms with Crippen molar-refractivity contribution in [2.24, 2.45) is 0 Å². The van der Waals surface area contributed by atoms with Crippen molar-refractivity contribution in [2.75, 3.05) is 24.3 Å². The number of hydrogen-bond acceptors (Lipinski definition) is 3. The summed E-state index contributed by atoms with van der Waals surface area (Å²) in [7, 11) is 0. The second-order valence-electron chi connectivity index (χ2n) is 3.83. The minimum atomic E-state index is -0.311. The van der Waals surface area contributed by atoms with E-state index >= 15 is 0 Å². The van der Waals surface area contributed by atoms with Crippen LogP contribution in [-0.2, 0) is 4.74 Å². The van der Waals surface area contributed by atoms with Gasteiger partial charge in [-0.25, -0.2) is 4.39 Å². The average Bonchev–Trinajstić information content (AvgIpc) is 2.17. The Morgan fingerprint density at radius 1 is 1.40 bits per heavy atom. The molecule has 1 aliphatic heterocycles. The lowest BCUT2D eigenvalue weighted by Gasteiger charge is -2.24. The molecule has 3 nitrogen and oxygen atoms in total. The highest BCUT2D eigenvalue weighted by Gasteiger charge is 2.13. The monoisotopic (exact) mass is 210 g/mol. The largest absolute Gasteiger partial charge is 0.399 e. The van der Waals surface area contributed by atoms with E-state index < -0.39 is 0 Å². The van der Waals surface area contributed by atoms with Crippen molar-refractivity contribution in [2.45, 2.75) is 18.9 Å². The van der Waals surface area contributed by atoms with Gasteiger partial charge in [-0.15, -0.1) is 0 Å². The number of anilines is 2. The molecule has 0 radical (unpaired) electrons. The maximum Gasteiger partial charge on any atom is 0.127 e. The SMILES string of the molecule is Nc1cc(F)cc(NC2CCCOC2)c1. The molecule has 4 heteroatoms. The maximum absolute atomic E-state index is 13.0. The van der Waals surface area contributed by atoms with E-state index in [0.29, 0.717) is 12.3 Å². The molecule has 0 aromatic heterocycles. The first-order chi connectivity index (χ1) is 7.24. The number of hydrogen-bond donors (Lipinski definition) is 2. The minimum absolute atomic E-state index is 0.264. The Labute approximate surface area is 88.4 Å². The second kappa shape index (κ2) is 4.49. The summed E-state index contributed by atoms with van der Waals surface area (Å²) in [6, 6.07) is 4.76. The topological polar surface area (TPSA) is 47.3 Å². The molecule has 0 amide bonds. The van der Waals surface area contributed by atoms with Crippen LogP contribution in [0, 0.1) is 5.82 Å². The van der Waals surface area contributed by atoms with E-state index in [4.69, 9.17) is 10.5 Å². The van der Waals surface area contributed by atoms with Crippen LogP contribution in [0.5, 0.6) is 0 Å². The first-order valence-corrected chi connectivity index (χ1v) is 5.14. The molecule has 1 atom stereocenters. The highest BCUT2D eigenvalue weighted by Crippen LogP contribution is 2.18. The van der Waals surface area contributed by atoms with Gasteiger partial charge in [0.25, 0.3) is 0 Å². The summed E-state index contributed by atoms with van der Waals surface area (Å²) in [6.07, 6.45) is 2.10. The highest BCUT2D eigenvalue weighted by atomic mass is 19.1. The summed E-state index contributed by atoms with van der Waals surface area (Å²) in [5, 5.41) is 3.22. The molecule has 1 heterocycles. The first-order valence-electron chi connectivity index (χ1n) is 5.14. The van der Waals surface area contributed by atoms with Gasteiger partial charge in [0.1, 0.15) is 5.82 Å². The molecule has 2 rings (SSSR count). The van der Waals surface area contributed by atoms with Crippen molar-refractivity contribution in [1.82, 2.24) is 0 Å². The maximum atomic E-state index is 13.0. The van der Waals surface area contributed by atoms with Gasteiger partial charge >= 0.3 is 0 Å². The summed E-state index contributed by atoms with van der Waals surface area (Å²) in [5.41, 5.74) is 6.72. The standard InChI is InChI=1S/C11H15FN2O/c12-8-4-9(13)6-11(5-8)14-10-2-1-3-15-7-10/h4-6,10,14H,1-3,7,13H2. The quantitative estimate of drug-likeness (QED) is 0.734. The van der Waals surface area contributed by atoms with Gasteiger partial charge in [0, 0.05) is 24.0 Å². The molecule has 1 aromatic rings. The van der Waals surface area contributed by atoms with Crippen LogP contribution in [0.4, 0.5) is 15.8 Å². The van der Waals surface area contributed by atoms with Crippen LogP contribution < -0.4 is 11.1 Å². The molecule has 3 N–H and O–H groups in total. The zero-order chi connectivity index (χ0) is 10.7. The lowest BCUT2D eigenvalue weighted by Crippen LogP contribution is -2.29. The molecule has 0 aliphatic carbocycles. The second-order valence-corrected chi connectivity index (χ2v) is 3.83. The molecule has 1 fully saturated rings. The van der Waals surface area contributed by atoms with Gasteiger partial charge in [-0.3, -0.25) is 0 Å². The number of benzene rings is 1. The fourth-order valence-corrected chi connectivity index (χ4v) is 1.79. The summed E-state index contributed by atoms with van der Waals surface area (Å²) < 4.78 is 18.4. The number of rotatable bonds is 2. The molecule has 0 saturated carbocycles. The zero-order valence-electron chi connectivity index (χ0n) is 8.50. The smallest absolute Gasteiger partial charge is 0.127 e.